The standard InChI is InChI=1S/C15H18N2O5/c18-10-13-8-16(9-14(19)20)6-7-17(13)15(21)22-11-12-4-2-1-3-5-12/h1-5,10,13H,6-9,11H2,(H,19,20). The summed E-state index contributed by atoms with van der Waals surface area (Å²) in [4.78, 5) is 36.9. The van der Waals surface area contributed by atoms with Crippen molar-refractivity contribution in [3.63, 3.8) is 0 Å². The molecule has 1 aliphatic heterocycles. The Labute approximate surface area is 128 Å². The van der Waals surface area contributed by atoms with Crippen molar-refractivity contribution in [2.75, 3.05) is 26.2 Å². The molecule has 1 N–H and O–H groups in total. The van der Waals surface area contributed by atoms with E-state index < -0.39 is 18.1 Å². The third kappa shape index (κ3) is 4.29. The van der Waals surface area contributed by atoms with E-state index in [9.17, 15) is 14.4 Å². The Bertz CT molecular complexity index is 534. The molecule has 1 amide bonds. The highest BCUT2D eigenvalue weighted by atomic mass is 16.6. The van der Waals surface area contributed by atoms with Gasteiger partial charge < -0.3 is 14.6 Å². The molecule has 0 aromatic heterocycles. The molecule has 1 fully saturated rings. The zero-order valence-electron chi connectivity index (χ0n) is 12.1. The first-order chi connectivity index (χ1) is 10.6. The lowest BCUT2D eigenvalue weighted by Gasteiger charge is -2.37. The second-order valence-corrected chi connectivity index (χ2v) is 5.07. The molecule has 0 bridgehead atoms. The maximum atomic E-state index is 12.1. The molecular formula is C15H18N2O5. The van der Waals surface area contributed by atoms with Gasteiger partial charge in [-0.2, -0.15) is 0 Å². The molecule has 22 heavy (non-hydrogen) atoms. The Balaban J connectivity index is 1.89. The highest BCUT2D eigenvalue weighted by molar-refractivity contribution is 5.74. The number of amides is 1. The average molecular weight is 306 g/mol. The maximum absolute atomic E-state index is 12.1. The van der Waals surface area contributed by atoms with Crippen LogP contribution in [0, 0.1) is 0 Å². The second-order valence-electron chi connectivity index (χ2n) is 5.07. The Kier molecular flexibility index (Phi) is 5.48. The van der Waals surface area contributed by atoms with Crippen molar-refractivity contribution < 1.29 is 24.2 Å². The second kappa shape index (κ2) is 7.56. The lowest BCUT2D eigenvalue weighted by Crippen LogP contribution is -2.56. The molecule has 0 spiro atoms. The van der Waals surface area contributed by atoms with Crippen molar-refractivity contribution in [3.05, 3.63) is 35.9 Å². The summed E-state index contributed by atoms with van der Waals surface area (Å²) in [7, 11) is 0. The van der Waals surface area contributed by atoms with Gasteiger partial charge in [-0.05, 0) is 5.56 Å². The van der Waals surface area contributed by atoms with Crippen molar-refractivity contribution in [1.29, 1.82) is 0 Å². The van der Waals surface area contributed by atoms with Crippen LogP contribution in [0.1, 0.15) is 5.56 Å². The van der Waals surface area contributed by atoms with Crippen LogP contribution < -0.4 is 0 Å². The Hall–Kier alpha value is -2.41. The molecule has 0 saturated carbocycles. The molecule has 2 rings (SSSR count). The maximum Gasteiger partial charge on any atom is 0.410 e. The molecule has 1 aromatic rings. The van der Waals surface area contributed by atoms with Crippen molar-refractivity contribution in [3.8, 4) is 0 Å². The smallest absolute Gasteiger partial charge is 0.410 e. The molecule has 0 radical (unpaired) electrons. The average Bonchev–Trinajstić information content (AvgIpc) is 2.53. The predicted octanol–water partition coefficient (Wildman–Crippen LogP) is 0.593. The van der Waals surface area contributed by atoms with E-state index in [0.717, 1.165) is 5.56 Å². The van der Waals surface area contributed by atoms with Gasteiger partial charge in [0.25, 0.3) is 0 Å². The van der Waals surface area contributed by atoms with E-state index in [1.807, 2.05) is 30.3 Å². The number of piperazine rings is 1. The van der Waals surface area contributed by atoms with Crippen LogP contribution >= 0.6 is 0 Å². The zero-order valence-corrected chi connectivity index (χ0v) is 12.1. The van der Waals surface area contributed by atoms with E-state index in [-0.39, 0.29) is 26.2 Å². The van der Waals surface area contributed by atoms with Crippen LogP contribution in [0.2, 0.25) is 0 Å². The summed E-state index contributed by atoms with van der Waals surface area (Å²) in [6.07, 6.45) is 0.0913. The third-order valence-electron chi connectivity index (χ3n) is 3.46. The number of carbonyl (C=O) groups excluding carboxylic acids is 2. The number of hydrogen-bond acceptors (Lipinski definition) is 5. The highest BCUT2D eigenvalue weighted by Crippen LogP contribution is 2.11. The van der Waals surface area contributed by atoms with Gasteiger partial charge in [0, 0.05) is 19.6 Å². The lowest BCUT2D eigenvalue weighted by atomic mass is 10.2. The van der Waals surface area contributed by atoms with Gasteiger partial charge in [0.05, 0.1) is 6.54 Å². The number of carboxylic acid groups (broad SMARTS) is 1. The van der Waals surface area contributed by atoms with Gasteiger partial charge in [-0.25, -0.2) is 4.79 Å². The molecule has 1 saturated heterocycles. The molecular weight excluding hydrogens is 288 g/mol. The van der Waals surface area contributed by atoms with Crippen LogP contribution in [-0.2, 0) is 20.9 Å². The Morgan fingerprint density at radius 3 is 2.64 bits per heavy atom. The van der Waals surface area contributed by atoms with Crippen LogP contribution in [0.3, 0.4) is 0 Å². The summed E-state index contributed by atoms with van der Waals surface area (Å²) in [5.74, 6) is -0.954. The SMILES string of the molecule is O=CC1CN(CC(=O)O)CCN1C(=O)OCc1ccccc1. The summed E-state index contributed by atoms with van der Waals surface area (Å²) in [5, 5.41) is 8.77. The van der Waals surface area contributed by atoms with Crippen molar-refractivity contribution in [2.24, 2.45) is 0 Å². The van der Waals surface area contributed by atoms with Gasteiger partial charge in [0.2, 0.25) is 0 Å². The zero-order chi connectivity index (χ0) is 15.9. The number of ether oxygens (including phenoxy) is 1. The predicted molar refractivity (Wildman–Crippen MR) is 77.3 cm³/mol. The molecule has 7 nitrogen and oxygen atoms in total. The quantitative estimate of drug-likeness (QED) is 0.801. The molecule has 1 aromatic carbocycles. The fraction of sp³-hybridized carbons (Fsp3) is 0.400. The monoisotopic (exact) mass is 306 g/mol. The van der Waals surface area contributed by atoms with Gasteiger partial charge in [0.15, 0.2) is 0 Å². The van der Waals surface area contributed by atoms with Crippen molar-refractivity contribution in [2.45, 2.75) is 12.6 Å². The fourth-order valence-electron chi connectivity index (χ4n) is 2.35. The van der Waals surface area contributed by atoms with E-state index in [2.05, 4.69) is 0 Å². The van der Waals surface area contributed by atoms with Gasteiger partial charge in [-0.3, -0.25) is 14.6 Å². The van der Waals surface area contributed by atoms with Gasteiger partial charge in [-0.1, -0.05) is 30.3 Å². The van der Waals surface area contributed by atoms with Crippen LogP contribution in [0.25, 0.3) is 0 Å². The summed E-state index contributed by atoms with van der Waals surface area (Å²) in [6.45, 7) is 0.870. The first-order valence-electron chi connectivity index (χ1n) is 6.97. The van der Waals surface area contributed by atoms with Gasteiger partial charge in [-0.15, -0.1) is 0 Å². The molecule has 1 aliphatic rings. The topological polar surface area (TPSA) is 87.2 Å². The van der Waals surface area contributed by atoms with Crippen LogP contribution in [0.5, 0.6) is 0 Å². The van der Waals surface area contributed by atoms with E-state index >= 15 is 0 Å². The molecule has 1 atom stereocenters. The minimum atomic E-state index is -0.954. The first-order valence-corrected chi connectivity index (χ1v) is 6.97. The third-order valence-corrected chi connectivity index (χ3v) is 3.46. The lowest BCUT2D eigenvalue weighted by molar-refractivity contribution is -0.139. The number of rotatable bonds is 5. The van der Waals surface area contributed by atoms with Crippen LogP contribution in [0.15, 0.2) is 30.3 Å². The number of aliphatic carboxylic acids is 1. The molecule has 1 heterocycles. The summed E-state index contributed by atoms with van der Waals surface area (Å²) < 4.78 is 5.21. The number of benzene rings is 1. The van der Waals surface area contributed by atoms with Crippen molar-refractivity contribution >= 4 is 18.3 Å². The summed E-state index contributed by atoms with van der Waals surface area (Å²) >= 11 is 0. The van der Waals surface area contributed by atoms with E-state index in [4.69, 9.17) is 9.84 Å². The van der Waals surface area contributed by atoms with E-state index in [0.29, 0.717) is 12.8 Å². The highest BCUT2D eigenvalue weighted by Gasteiger charge is 2.31. The number of carbonyl (C=O) groups is 3. The molecule has 1 unspecified atom stereocenters. The number of carboxylic acids is 1. The summed E-state index contributed by atoms with van der Waals surface area (Å²) in [6, 6.07) is 8.57. The van der Waals surface area contributed by atoms with Crippen LogP contribution in [-0.4, -0.2) is 65.5 Å². The number of aldehydes is 1. The van der Waals surface area contributed by atoms with Crippen LogP contribution in [0.4, 0.5) is 4.79 Å². The fourth-order valence-corrected chi connectivity index (χ4v) is 2.35. The first kappa shape index (κ1) is 16.0. The van der Waals surface area contributed by atoms with Gasteiger partial charge in [0.1, 0.15) is 18.9 Å². The largest absolute Gasteiger partial charge is 0.480 e. The van der Waals surface area contributed by atoms with E-state index in [1.165, 1.54) is 4.90 Å². The Morgan fingerprint density at radius 1 is 1.27 bits per heavy atom. The minimum absolute atomic E-state index is 0.139. The molecule has 0 aliphatic carbocycles. The molecule has 118 valence electrons. The minimum Gasteiger partial charge on any atom is -0.480 e. The number of hydrogen-bond donors (Lipinski definition) is 1. The number of nitrogens with zero attached hydrogens (tertiary/aromatic N) is 2. The van der Waals surface area contributed by atoms with Crippen molar-refractivity contribution in [1.82, 2.24) is 9.80 Å². The Morgan fingerprint density at radius 2 is 2.00 bits per heavy atom. The van der Waals surface area contributed by atoms with Gasteiger partial charge >= 0.3 is 12.1 Å². The normalized spacial score (nSPS) is 18.7. The summed E-state index contributed by atoms with van der Waals surface area (Å²) in [5.41, 5.74) is 0.864. The van der Waals surface area contributed by atoms with E-state index in [1.54, 1.807) is 4.90 Å². The molecule has 7 heteroatoms.